The zero-order chi connectivity index (χ0) is 9.05. The summed E-state index contributed by atoms with van der Waals surface area (Å²) in [4.78, 5) is 4.01. The Kier molecular flexibility index (Phi) is 1.44. The van der Waals surface area contributed by atoms with Crippen LogP contribution < -0.4 is 3.11 Å². The number of hydrogen-bond donors (Lipinski definition) is 0. The van der Waals surface area contributed by atoms with Crippen LogP contribution in [0.1, 0.15) is 18.5 Å². The lowest BCUT2D eigenvalue weighted by Gasteiger charge is -2.07. The SMILES string of the molecule is Fc1ccc2c(n1)C1(CC1)CN2I. The van der Waals surface area contributed by atoms with Crippen LogP contribution in [0.4, 0.5) is 10.1 Å². The molecule has 4 heteroatoms. The van der Waals surface area contributed by atoms with Crippen molar-refractivity contribution >= 4 is 28.6 Å². The van der Waals surface area contributed by atoms with Gasteiger partial charge in [-0.25, -0.2) is 4.98 Å². The molecule has 0 atom stereocenters. The van der Waals surface area contributed by atoms with Gasteiger partial charge in [0.25, 0.3) is 0 Å². The lowest BCUT2D eigenvalue weighted by Crippen LogP contribution is -2.13. The third-order valence-electron chi connectivity index (χ3n) is 2.90. The van der Waals surface area contributed by atoms with Crippen LogP contribution in [0.25, 0.3) is 0 Å². The van der Waals surface area contributed by atoms with Gasteiger partial charge in [-0.15, -0.1) is 0 Å². The number of aromatic nitrogens is 1. The predicted octanol–water partition coefficient (Wildman–Crippen LogP) is 2.42. The van der Waals surface area contributed by atoms with Gasteiger partial charge in [0.15, 0.2) is 0 Å². The molecule has 0 unspecified atom stereocenters. The van der Waals surface area contributed by atoms with E-state index < -0.39 is 0 Å². The van der Waals surface area contributed by atoms with Gasteiger partial charge in [-0.05, 0) is 25.0 Å². The fraction of sp³-hybridized carbons (Fsp3) is 0.444. The summed E-state index contributed by atoms with van der Waals surface area (Å²) in [6.45, 7) is 0.999. The van der Waals surface area contributed by atoms with Crippen LogP contribution in [0.3, 0.4) is 0 Å². The number of hydrogen-bond acceptors (Lipinski definition) is 2. The van der Waals surface area contributed by atoms with E-state index in [1.807, 2.05) is 6.07 Å². The van der Waals surface area contributed by atoms with Crippen molar-refractivity contribution in [2.24, 2.45) is 0 Å². The van der Waals surface area contributed by atoms with E-state index >= 15 is 0 Å². The van der Waals surface area contributed by atoms with E-state index in [4.69, 9.17) is 0 Å². The molecule has 0 bridgehead atoms. The third-order valence-corrected chi connectivity index (χ3v) is 3.76. The molecule has 0 saturated heterocycles. The van der Waals surface area contributed by atoms with Gasteiger partial charge in [0.1, 0.15) is 0 Å². The fourth-order valence-corrected chi connectivity index (χ4v) is 3.03. The van der Waals surface area contributed by atoms with Gasteiger partial charge >= 0.3 is 0 Å². The largest absolute Gasteiger partial charge is 0.312 e. The number of rotatable bonds is 0. The van der Waals surface area contributed by atoms with Crippen LogP contribution in [0.2, 0.25) is 0 Å². The maximum Gasteiger partial charge on any atom is 0.213 e. The molecule has 2 heterocycles. The molecule has 1 fully saturated rings. The first kappa shape index (κ1) is 7.96. The van der Waals surface area contributed by atoms with E-state index in [0.717, 1.165) is 30.8 Å². The lowest BCUT2D eigenvalue weighted by molar-refractivity contribution is 0.570. The third kappa shape index (κ3) is 1.01. The quantitative estimate of drug-likeness (QED) is 0.414. The summed E-state index contributed by atoms with van der Waals surface area (Å²) < 4.78 is 15.1. The maximum absolute atomic E-state index is 12.9. The van der Waals surface area contributed by atoms with Gasteiger partial charge in [-0.1, -0.05) is 0 Å². The van der Waals surface area contributed by atoms with Gasteiger partial charge < -0.3 is 3.11 Å². The van der Waals surface area contributed by atoms with Gasteiger partial charge in [0.2, 0.25) is 5.95 Å². The molecule has 1 spiro atoms. The Morgan fingerprint density at radius 1 is 1.46 bits per heavy atom. The molecule has 3 rings (SSSR count). The summed E-state index contributed by atoms with van der Waals surface area (Å²) >= 11 is 2.27. The second-order valence-electron chi connectivity index (χ2n) is 3.80. The predicted molar refractivity (Wildman–Crippen MR) is 56.5 cm³/mol. The van der Waals surface area contributed by atoms with Crippen LogP contribution in [0.15, 0.2) is 12.1 Å². The Bertz CT molecular complexity index is 376. The summed E-state index contributed by atoms with van der Waals surface area (Å²) in [5.74, 6) is -0.350. The van der Waals surface area contributed by atoms with Gasteiger partial charge in [0.05, 0.1) is 34.2 Å². The molecule has 1 aliphatic heterocycles. The van der Waals surface area contributed by atoms with Crippen LogP contribution in [0, 0.1) is 5.95 Å². The van der Waals surface area contributed by atoms with E-state index in [1.54, 1.807) is 0 Å². The van der Waals surface area contributed by atoms with Crippen molar-refractivity contribution in [1.29, 1.82) is 0 Å². The highest BCUT2D eigenvalue weighted by Gasteiger charge is 2.52. The van der Waals surface area contributed by atoms with E-state index in [9.17, 15) is 4.39 Å². The van der Waals surface area contributed by atoms with Crippen molar-refractivity contribution in [2.45, 2.75) is 18.3 Å². The molecule has 1 aromatic heterocycles. The zero-order valence-electron chi connectivity index (χ0n) is 6.93. The standard InChI is InChI=1S/C9H8FIN2/c10-7-2-1-6-8(12-7)9(3-4-9)5-13(6)11/h1-2H,3-5H2. The second-order valence-corrected chi connectivity index (χ2v) is 4.97. The summed E-state index contributed by atoms with van der Waals surface area (Å²) in [5, 5.41) is 0. The Morgan fingerprint density at radius 3 is 2.92 bits per heavy atom. The monoisotopic (exact) mass is 290 g/mol. The minimum atomic E-state index is -0.350. The van der Waals surface area contributed by atoms with Crippen molar-refractivity contribution in [3.8, 4) is 0 Å². The fourth-order valence-electron chi connectivity index (χ4n) is 1.99. The number of nitrogens with zero attached hydrogens (tertiary/aromatic N) is 2. The molecule has 2 nitrogen and oxygen atoms in total. The number of anilines is 1. The maximum atomic E-state index is 12.9. The smallest absolute Gasteiger partial charge is 0.213 e. The first-order chi connectivity index (χ1) is 6.21. The van der Waals surface area contributed by atoms with Crippen molar-refractivity contribution in [3.63, 3.8) is 0 Å². The van der Waals surface area contributed by atoms with E-state index in [0.29, 0.717) is 0 Å². The van der Waals surface area contributed by atoms with Crippen LogP contribution >= 0.6 is 22.9 Å². The first-order valence-electron chi connectivity index (χ1n) is 4.32. The van der Waals surface area contributed by atoms with Crippen molar-refractivity contribution in [3.05, 3.63) is 23.8 Å². The summed E-state index contributed by atoms with van der Waals surface area (Å²) in [5.41, 5.74) is 2.28. The number of halogens is 2. The van der Waals surface area contributed by atoms with Crippen molar-refractivity contribution < 1.29 is 4.39 Å². The molecule has 1 saturated carbocycles. The topological polar surface area (TPSA) is 16.1 Å². The van der Waals surface area contributed by atoms with E-state index in [1.165, 1.54) is 6.07 Å². The highest BCUT2D eigenvalue weighted by molar-refractivity contribution is 14.1. The van der Waals surface area contributed by atoms with Crippen molar-refractivity contribution in [1.82, 2.24) is 4.98 Å². The molecular weight excluding hydrogens is 282 g/mol. The highest BCUT2D eigenvalue weighted by Crippen LogP contribution is 2.56. The highest BCUT2D eigenvalue weighted by atomic mass is 127. The van der Waals surface area contributed by atoms with E-state index in [-0.39, 0.29) is 11.4 Å². The first-order valence-corrected chi connectivity index (χ1v) is 5.28. The number of fused-ring (bicyclic) bond motifs is 2. The molecule has 68 valence electrons. The molecule has 1 aromatic rings. The lowest BCUT2D eigenvalue weighted by atomic mass is 10.1. The average molecular weight is 290 g/mol. The summed E-state index contributed by atoms with van der Waals surface area (Å²) in [7, 11) is 0. The molecule has 1 aliphatic carbocycles. The Balaban J connectivity index is 2.20. The minimum absolute atomic E-state index is 0.207. The minimum Gasteiger partial charge on any atom is -0.312 e. The second kappa shape index (κ2) is 2.34. The Morgan fingerprint density at radius 2 is 2.23 bits per heavy atom. The molecular formula is C9H8FIN2. The number of pyridine rings is 1. The van der Waals surface area contributed by atoms with Gasteiger partial charge in [-0.3, -0.25) is 0 Å². The van der Waals surface area contributed by atoms with Crippen LogP contribution in [-0.4, -0.2) is 11.5 Å². The van der Waals surface area contributed by atoms with E-state index in [2.05, 4.69) is 31.0 Å². The zero-order valence-corrected chi connectivity index (χ0v) is 9.08. The molecule has 2 aliphatic rings. The van der Waals surface area contributed by atoms with Crippen molar-refractivity contribution in [2.75, 3.05) is 9.66 Å². The van der Waals surface area contributed by atoms with Crippen LogP contribution in [0.5, 0.6) is 0 Å². The van der Waals surface area contributed by atoms with Gasteiger partial charge in [0, 0.05) is 12.0 Å². The molecule has 0 N–H and O–H groups in total. The molecule has 0 radical (unpaired) electrons. The summed E-state index contributed by atoms with van der Waals surface area (Å²) in [6, 6.07) is 3.27. The Labute approximate surface area is 89.6 Å². The molecule has 13 heavy (non-hydrogen) atoms. The molecule has 0 aromatic carbocycles. The summed E-state index contributed by atoms with van der Waals surface area (Å²) in [6.07, 6.45) is 2.33. The molecule has 0 amide bonds. The average Bonchev–Trinajstić information content (AvgIpc) is 2.79. The van der Waals surface area contributed by atoms with Crippen LogP contribution in [-0.2, 0) is 5.41 Å². The normalized spacial score (nSPS) is 22.2. The van der Waals surface area contributed by atoms with Gasteiger partial charge in [-0.2, -0.15) is 4.39 Å². The Hall–Kier alpha value is -0.390.